The molecule has 0 spiro atoms. The molecule has 3 N–H and O–H groups in total. The van der Waals surface area contributed by atoms with Crippen LogP contribution in [0.15, 0.2) is 48.5 Å². The van der Waals surface area contributed by atoms with Crippen molar-refractivity contribution >= 4 is 34.6 Å². The van der Waals surface area contributed by atoms with Gasteiger partial charge in [0, 0.05) is 0 Å². The summed E-state index contributed by atoms with van der Waals surface area (Å²) in [6.07, 6.45) is -0.858. The Balaban J connectivity index is 1.41. The highest BCUT2D eigenvalue weighted by Crippen LogP contribution is 2.27. The van der Waals surface area contributed by atoms with Crippen molar-refractivity contribution in [2.24, 2.45) is 0 Å². The van der Waals surface area contributed by atoms with Gasteiger partial charge >= 0.3 is 0 Å². The fourth-order valence-corrected chi connectivity index (χ4v) is 3.23. The summed E-state index contributed by atoms with van der Waals surface area (Å²) in [5.41, 5.74) is 6.51. The lowest BCUT2D eigenvalue weighted by Crippen LogP contribution is -2.47. The molecule has 3 aromatic rings. The third kappa shape index (κ3) is 5.71. The minimum Gasteiger partial charge on any atom is -0.481 e. The Morgan fingerprint density at radius 3 is 2.59 bits per heavy atom. The van der Waals surface area contributed by atoms with Crippen molar-refractivity contribution in [3.63, 3.8) is 0 Å². The highest BCUT2D eigenvalue weighted by Gasteiger charge is 2.17. The SMILES string of the molecule is C[C@@H](Oc1ccc(F)cc1)C(=O)NNC(=O)CS[C@H](C)c1nc2ccccc2[nH]1. The second kappa shape index (κ2) is 9.42. The standard InChI is InChI=1S/C20H21FN4O3S/c1-12(28-15-9-7-14(21)8-10-15)20(27)25-24-18(26)11-29-13(2)19-22-16-5-3-4-6-17(16)23-19/h3-10,12-13H,11H2,1-2H3,(H,22,23)(H,24,26)(H,25,27)/t12-,13-/m1/s1. The van der Waals surface area contributed by atoms with Crippen molar-refractivity contribution in [1.82, 2.24) is 20.8 Å². The molecule has 7 nitrogen and oxygen atoms in total. The van der Waals surface area contributed by atoms with Gasteiger partial charge in [-0.3, -0.25) is 20.4 Å². The lowest BCUT2D eigenvalue weighted by atomic mass is 10.3. The van der Waals surface area contributed by atoms with E-state index in [1.54, 1.807) is 0 Å². The van der Waals surface area contributed by atoms with E-state index in [0.717, 1.165) is 16.9 Å². The Morgan fingerprint density at radius 2 is 1.86 bits per heavy atom. The van der Waals surface area contributed by atoms with Gasteiger partial charge in [-0.1, -0.05) is 12.1 Å². The lowest BCUT2D eigenvalue weighted by Gasteiger charge is -2.15. The summed E-state index contributed by atoms with van der Waals surface area (Å²) in [6, 6.07) is 13.0. The van der Waals surface area contributed by atoms with Gasteiger partial charge in [-0.15, -0.1) is 11.8 Å². The molecule has 152 valence electrons. The topological polar surface area (TPSA) is 96.1 Å². The molecule has 3 rings (SSSR count). The van der Waals surface area contributed by atoms with Crippen LogP contribution in [0.1, 0.15) is 24.9 Å². The number of carbonyl (C=O) groups excluding carboxylic acids is 2. The zero-order valence-electron chi connectivity index (χ0n) is 15.9. The predicted molar refractivity (Wildman–Crippen MR) is 110 cm³/mol. The molecule has 0 aliphatic heterocycles. The number of hydrogen-bond acceptors (Lipinski definition) is 5. The second-order valence-electron chi connectivity index (χ2n) is 6.34. The summed E-state index contributed by atoms with van der Waals surface area (Å²) >= 11 is 1.39. The molecule has 0 unspecified atom stereocenters. The van der Waals surface area contributed by atoms with E-state index < -0.39 is 17.8 Å². The van der Waals surface area contributed by atoms with E-state index in [1.807, 2.05) is 31.2 Å². The zero-order valence-corrected chi connectivity index (χ0v) is 16.8. The number of hydrogen-bond donors (Lipinski definition) is 3. The van der Waals surface area contributed by atoms with E-state index in [-0.39, 0.29) is 16.9 Å². The van der Waals surface area contributed by atoms with Crippen molar-refractivity contribution in [3.8, 4) is 5.75 Å². The van der Waals surface area contributed by atoms with E-state index in [9.17, 15) is 14.0 Å². The molecular formula is C20H21FN4O3S. The van der Waals surface area contributed by atoms with Crippen LogP contribution in [-0.2, 0) is 9.59 Å². The van der Waals surface area contributed by atoms with Crippen molar-refractivity contribution in [2.45, 2.75) is 25.2 Å². The molecule has 0 aliphatic carbocycles. The van der Waals surface area contributed by atoms with Crippen molar-refractivity contribution in [3.05, 3.63) is 60.2 Å². The molecule has 0 aliphatic rings. The van der Waals surface area contributed by atoms with Gasteiger partial charge in [0.15, 0.2) is 6.10 Å². The third-order valence-corrected chi connectivity index (χ3v) is 5.23. The first-order valence-electron chi connectivity index (χ1n) is 8.99. The largest absolute Gasteiger partial charge is 0.481 e. The van der Waals surface area contributed by atoms with Gasteiger partial charge in [0.2, 0.25) is 5.91 Å². The summed E-state index contributed by atoms with van der Waals surface area (Å²) in [7, 11) is 0. The quantitative estimate of drug-likeness (QED) is 0.515. The van der Waals surface area contributed by atoms with E-state index in [4.69, 9.17) is 4.74 Å². The van der Waals surface area contributed by atoms with Gasteiger partial charge < -0.3 is 9.72 Å². The number of ether oxygens (including phenoxy) is 1. The first-order chi connectivity index (χ1) is 13.9. The molecule has 1 aromatic heterocycles. The van der Waals surface area contributed by atoms with Crippen LogP contribution in [0.4, 0.5) is 4.39 Å². The second-order valence-corrected chi connectivity index (χ2v) is 7.67. The number of thioether (sulfide) groups is 1. The number of aromatic nitrogens is 2. The molecule has 2 aromatic carbocycles. The maximum atomic E-state index is 12.9. The average molecular weight is 416 g/mol. The van der Waals surface area contributed by atoms with E-state index >= 15 is 0 Å². The van der Waals surface area contributed by atoms with Crippen molar-refractivity contribution in [1.29, 1.82) is 0 Å². The predicted octanol–water partition coefficient (Wildman–Crippen LogP) is 3.11. The molecule has 0 saturated carbocycles. The number of carbonyl (C=O) groups is 2. The number of imidazole rings is 1. The van der Waals surface area contributed by atoms with Gasteiger partial charge in [-0.05, 0) is 50.2 Å². The molecule has 29 heavy (non-hydrogen) atoms. The number of H-pyrrole nitrogens is 1. The molecule has 0 fully saturated rings. The fourth-order valence-electron chi connectivity index (χ4n) is 2.48. The average Bonchev–Trinajstić information content (AvgIpc) is 3.16. The third-order valence-electron chi connectivity index (χ3n) is 4.08. The fraction of sp³-hybridized carbons (Fsp3) is 0.250. The number of nitrogens with zero attached hydrogens (tertiary/aromatic N) is 1. The molecule has 2 atom stereocenters. The maximum absolute atomic E-state index is 12.9. The number of halogens is 1. The first-order valence-corrected chi connectivity index (χ1v) is 10.0. The first kappa shape index (κ1) is 20.7. The van der Waals surface area contributed by atoms with Gasteiger partial charge in [0.05, 0.1) is 22.0 Å². The smallest absolute Gasteiger partial charge is 0.279 e. The highest BCUT2D eigenvalue weighted by atomic mass is 32.2. The maximum Gasteiger partial charge on any atom is 0.279 e. The number of amides is 2. The number of fused-ring (bicyclic) bond motifs is 1. The summed E-state index contributed by atoms with van der Waals surface area (Å²) < 4.78 is 18.3. The molecular weight excluding hydrogens is 395 g/mol. The van der Waals surface area contributed by atoms with Crippen LogP contribution in [0.5, 0.6) is 5.75 Å². The van der Waals surface area contributed by atoms with Crippen LogP contribution >= 0.6 is 11.8 Å². The Kier molecular flexibility index (Phi) is 6.71. The monoisotopic (exact) mass is 416 g/mol. The number of aromatic amines is 1. The van der Waals surface area contributed by atoms with Gasteiger partial charge in [0.1, 0.15) is 17.4 Å². The number of rotatable bonds is 7. The minimum absolute atomic E-state index is 0.0235. The summed E-state index contributed by atoms with van der Waals surface area (Å²) in [5.74, 6) is 0.0328. The normalized spacial score (nSPS) is 12.9. The Labute approximate surface area is 171 Å². The summed E-state index contributed by atoms with van der Waals surface area (Å²) in [6.45, 7) is 3.48. The van der Waals surface area contributed by atoms with E-state index in [1.165, 1.54) is 43.0 Å². The number of para-hydroxylation sites is 2. The summed E-state index contributed by atoms with van der Waals surface area (Å²) in [5, 5.41) is -0.0235. The lowest BCUT2D eigenvalue weighted by molar-refractivity contribution is -0.131. The number of benzene rings is 2. The molecule has 0 radical (unpaired) electrons. The molecule has 0 bridgehead atoms. The number of nitrogens with one attached hydrogen (secondary N) is 3. The molecule has 1 heterocycles. The van der Waals surface area contributed by atoms with Crippen molar-refractivity contribution in [2.75, 3.05) is 5.75 Å². The van der Waals surface area contributed by atoms with Crippen LogP contribution in [-0.4, -0.2) is 33.6 Å². The van der Waals surface area contributed by atoms with E-state index in [0.29, 0.717) is 5.75 Å². The molecule has 0 saturated heterocycles. The zero-order chi connectivity index (χ0) is 20.8. The molecule has 2 amide bonds. The van der Waals surface area contributed by atoms with Crippen LogP contribution in [0.2, 0.25) is 0 Å². The van der Waals surface area contributed by atoms with Gasteiger partial charge in [-0.25, -0.2) is 9.37 Å². The minimum atomic E-state index is -0.858. The van der Waals surface area contributed by atoms with Crippen LogP contribution in [0.3, 0.4) is 0 Å². The Morgan fingerprint density at radius 1 is 1.14 bits per heavy atom. The van der Waals surface area contributed by atoms with Gasteiger partial charge in [0.25, 0.3) is 5.91 Å². The Bertz CT molecular complexity index is 960. The van der Waals surface area contributed by atoms with Crippen molar-refractivity contribution < 1.29 is 18.7 Å². The highest BCUT2D eigenvalue weighted by molar-refractivity contribution is 8.00. The van der Waals surface area contributed by atoms with E-state index in [2.05, 4.69) is 20.8 Å². The molecule has 9 heteroatoms. The van der Waals surface area contributed by atoms with Crippen LogP contribution in [0.25, 0.3) is 11.0 Å². The number of hydrazine groups is 1. The van der Waals surface area contributed by atoms with Gasteiger partial charge in [-0.2, -0.15) is 0 Å². The Hall–Kier alpha value is -3.07. The van der Waals surface area contributed by atoms with Crippen LogP contribution in [0, 0.1) is 5.82 Å². The van der Waals surface area contributed by atoms with Crippen LogP contribution < -0.4 is 15.6 Å². The summed E-state index contributed by atoms with van der Waals surface area (Å²) in [4.78, 5) is 31.8.